The molecule has 100 valence electrons. The van der Waals surface area contributed by atoms with E-state index < -0.39 is 0 Å². The lowest BCUT2D eigenvalue weighted by atomic mass is 10.3. The van der Waals surface area contributed by atoms with Gasteiger partial charge in [0.05, 0.1) is 12.3 Å². The van der Waals surface area contributed by atoms with Crippen LogP contribution >= 0.6 is 0 Å². The maximum absolute atomic E-state index is 8.96. The summed E-state index contributed by atoms with van der Waals surface area (Å²) in [4.78, 5) is 8.80. The van der Waals surface area contributed by atoms with E-state index in [0.29, 0.717) is 11.5 Å². The second-order valence-corrected chi connectivity index (χ2v) is 4.55. The number of anilines is 3. The molecule has 5 N–H and O–H groups in total. The Labute approximate surface area is 107 Å². The van der Waals surface area contributed by atoms with Gasteiger partial charge >= 0.3 is 0 Å². The van der Waals surface area contributed by atoms with E-state index in [1.54, 1.807) is 6.07 Å². The fourth-order valence-electron chi connectivity index (χ4n) is 2.22. The van der Waals surface area contributed by atoms with Crippen molar-refractivity contribution in [3.05, 3.63) is 12.1 Å². The third-order valence-electron chi connectivity index (χ3n) is 3.27. The van der Waals surface area contributed by atoms with E-state index in [-0.39, 0.29) is 6.61 Å². The number of aliphatic hydroxyl groups excluding tert-OH is 1. The normalized spacial score (nSPS) is 17.7. The van der Waals surface area contributed by atoms with Crippen LogP contribution in [0.25, 0.3) is 0 Å². The minimum absolute atomic E-state index is 0.215. The minimum Gasteiger partial charge on any atom is -0.396 e. The first-order valence-electron chi connectivity index (χ1n) is 6.31. The van der Waals surface area contributed by atoms with Gasteiger partial charge in [-0.05, 0) is 25.1 Å². The summed E-state index contributed by atoms with van der Waals surface area (Å²) < 4.78 is 0. The van der Waals surface area contributed by atoms with Gasteiger partial charge in [-0.15, -0.1) is 0 Å². The molecule has 1 aliphatic rings. The van der Waals surface area contributed by atoms with Crippen molar-refractivity contribution in [2.24, 2.45) is 0 Å². The lowest BCUT2D eigenvalue weighted by Crippen LogP contribution is -2.32. The summed E-state index contributed by atoms with van der Waals surface area (Å²) >= 11 is 0. The van der Waals surface area contributed by atoms with Crippen molar-refractivity contribution in [3.8, 4) is 0 Å². The summed E-state index contributed by atoms with van der Waals surface area (Å²) in [5.74, 6) is 1.27. The molecule has 6 nitrogen and oxygen atoms in total. The molecule has 0 unspecified atom stereocenters. The molecule has 0 spiro atoms. The lowest BCUT2D eigenvalue weighted by molar-refractivity contribution is 0.204. The molecule has 1 aromatic rings. The molecule has 0 atom stereocenters. The molecule has 0 saturated carbocycles. The van der Waals surface area contributed by atoms with Crippen LogP contribution in [0, 0.1) is 0 Å². The Bertz CT molecular complexity index is 398. The number of aliphatic hydroxyl groups is 1. The Morgan fingerprint density at radius 1 is 1.17 bits per heavy atom. The molecule has 0 radical (unpaired) electrons. The van der Waals surface area contributed by atoms with E-state index in [1.165, 1.54) is 0 Å². The van der Waals surface area contributed by atoms with E-state index in [4.69, 9.17) is 16.6 Å². The summed E-state index contributed by atoms with van der Waals surface area (Å²) in [5, 5.41) is 8.96. The van der Waals surface area contributed by atoms with Crippen molar-refractivity contribution in [2.75, 3.05) is 55.7 Å². The third kappa shape index (κ3) is 3.02. The van der Waals surface area contributed by atoms with Crippen molar-refractivity contribution in [2.45, 2.75) is 6.42 Å². The van der Waals surface area contributed by atoms with Crippen LogP contribution in [0.2, 0.25) is 0 Å². The molecule has 0 aliphatic carbocycles. The average Bonchev–Trinajstić information content (AvgIpc) is 2.59. The van der Waals surface area contributed by atoms with Crippen molar-refractivity contribution < 1.29 is 5.11 Å². The highest BCUT2D eigenvalue weighted by Crippen LogP contribution is 2.19. The summed E-state index contributed by atoms with van der Waals surface area (Å²) in [6.07, 6.45) is 1.06. The fraction of sp³-hybridized carbons (Fsp3) is 0.583. The number of β-amino-alcohol motifs (C(OH)–C–C–N with tert-alkyl or cyclic N) is 1. The predicted octanol–water partition coefficient (Wildman–Crippen LogP) is -0.250. The van der Waals surface area contributed by atoms with Gasteiger partial charge in [0, 0.05) is 26.2 Å². The van der Waals surface area contributed by atoms with E-state index >= 15 is 0 Å². The largest absolute Gasteiger partial charge is 0.396 e. The molecule has 18 heavy (non-hydrogen) atoms. The first-order chi connectivity index (χ1) is 8.70. The maximum atomic E-state index is 8.96. The molecule has 1 fully saturated rings. The number of rotatable bonds is 3. The monoisotopic (exact) mass is 251 g/mol. The zero-order valence-corrected chi connectivity index (χ0v) is 10.5. The molecular weight excluding hydrogens is 230 g/mol. The van der Waals surface area contributed by atoms with E-state index in [9.17, 15) is 0 Å². The number of pyridine rings is 1. The van der Waals surface area contributed by atoms with E-state index in [1.807, 2.05) is 6.07 Å². The van der Waals surface area contributed by atoms with Crippen molar-refractivity contribution in [1.82, 2.24) is 9.88 Å². The van der Waals surface area contributed by atoms with Crippen LogP contribution < -0.4 is 16.4 Å². The van der Waals surface area contributed by atoms with Crippen molar-refractivity contribution in [1.29, 1.82) is 0 Å². The molecule has 2 heterocycles. The first-order valence-corrected chi connectivity index (χ1v) is 6.31. The van der Waals surface area contributed by atoms with Crippen LogP contribution in [0.4, 0.5) is 17.3 Å². The van der Waals surface area contributed by atoms with Gasteiger partial charge < -0.3 is 21.5 Å². The van der Waals surface area contributed by atoms with Crippen molar-refractivity contribution in [3.63, 3.8) is 0 Å². The molecule has 1 saturated heterocycles. The second-order valence-electron chi connectivity index (χ2n) is 4.55. The highest BCUT2D eigenvalue weighted by atomic mass is 16.3. The Balaban J connectivity index is 2.02. The number of nitrogens with zero attached hydrogens (tertiary/aromatic N) is 3. The second kappa shape index (κ2) is 5.88. The van der Waals surface area contributed by atoms with Crippen LogP contribution in [0.5, 0.6) is 0 Å². The smallest absolute Gasteiger partial charge is 0.149 e. The van der Waals surface area contributed by atoms with Gasteiger partial charge in [-0.1, -0.05) is 0 Å². The fourth-order valence-corrected chi connectivity index (χ4v) is 2.22. The average molecular weight is 251 g/mol. The van der Waals surface area contributed by atoms with Gasteiger partial charge in [0.2, 0.25) is 0 Å². The first kappa shape index (κ1) is 12.9. The van der Waals surface area contributed by atoms with Gasteiger partial charge in [-0.3, -0.25) is 4.90 Å². The summed E-state index contributed by atoms with van der Waals surface area (Å²) in [5.41, 5.74) is 11.9. The molecule has 1 aromatic heterocycles. The van der Waals surface area contributed by atoms with Gasteiger partial charge in [0.1, 0.15) is 11.6 Å². The Kier molecular flexibility index (Phi) is 4.22. The molecule has 0 aromatic carbocycles. The standard InChI is InChI=1S/C12H21N5O/c13-10-2-3-11(15-12(10)14)17-5-1-4-16(6-7-17)8-9-18/h2-3,18H,1,4-9,13H2,(H2,14,15). The van der Waals surface area contributed by atoms with E-state index in [0.717, 1.165) is 45.0 Å². The van der Waals surface area contributed by atoms with Gasteiger partial charge in [0.25, 0.3) is 0 Å². The van der Waals surface area contributed by atoms with Gasteiger partial charge in [-0.25, -0.2) is 4.98 Å². The van der Waals surface area contributed by atoms with Crippen LogP contribution in [0.15, 0.2) is 12.1 Å². The third-order valence-corrected chi connectivity index (χ3v) is 3.27. The number of hydrogen-bond acceptors (Lipinski definition) is 6. The highest BCUT2D eigenvalue weighted by molar-refractivity contribution is 5.62. The molecular formula is C12H21N5O. The van der Waals surface area contributed by atoms with E-state index in [2.05, 4.69) is 14.8 Å². The van der Waals surface area contributed by atoms with Crippen molar-refractivity contribution >= 4 is 17.3 Å². The van der Waals surface area contributed by atoms with Crippen LogP contribution in [0.3, 0.4) is 0 Å². The quantitative estimate of drug-likeness (QED) is 0.686. The van der Waals surface area contributed by atoms with Crippen LogP contribution in [-0.4, -0.2) is 54.3 Å². The summed E-state index contributed by atoms with van der Waals surface area (Å²) in [7, 11) is 0. The lowest BCUT2D eigenvalue weighted by Gasteiger charge is -2.22. The van der Waals surface area contributed by atoms with Crippen LogP contribution in [0.1, 0.15) is 6.42 Å². The number of aromatic nitrogens is 1. The van der Waals surface area contributed by atoms with Gasteiger partial charge in [-0.2, -0.15) is 0 Å². The van der Waals surface area contributed by atoms with Gasteiger partial charge in [0.15, 0.2) is 0 Å². The summed E-state index contributed by atoms with van der Waals surface area (Å²) in [6.45, 7) is 4.76. The number of hydrogen-bond donors (Lipinski definition) is 3. The minimum atomic E-state index is 0.215. The molecule has 2 rings (SSSR count). The topological polar surface area (TPSA) is 91.6 Å². The molecule has 1 aliphatic heterocycles. The van der Waals surface area contributed by atoms with Crippen LogP contribution in [-0.2, 0) is 0 Å². The zero-order chi connectivity index (χ0) is 13.0. The zero-order valence-electron chi connectivity index (χ0n) is 10.5. The molecule has 0 amide bonds. The Morgan fingerprint density at radius 2 is 2.00 bits per heavy atom. The predicted molar refractivity (Wildman–Crippen MR) is 73.4 cm³/mol. The summed E-state index contributed by atoms with van der Waals surface area (Å²) in [6, 6.07) is 3.71. The Hall–Kier alpha value is -1.53. The number of nitrogen functional groups attached to an aromatic ring is 2. The SMILES string of the molecule is Nc1ccc(N2CCCN(CCO)CC2)nc1N. The molecule has 6 heteroatoms. The number of nitrogens with two attached hydrogens (primary N) is 2. The maximum Gasteiger partial charge on any atom is 0.149 e. The highest BCUT2D eigenvalue weighted by Gasteiger charge is 2.15. The Morgan fingerprint density at radius 3 is 2.72 bits per heavy atom. The molecule has 0 bridgehead atoms.